The molecule has 4 fully saturated rings. The van der Waals surface area contributed by atoms with E-state index in [4.69, 9.17) is 5.73 Å². The van der Waals surface area contributed by atoms with Crippen LogP contribution in [0, 0.1) is 23.7 Å². The van der Waals surface area contributed by atoms with Crippen LogP contribution in [-0.4, -0.2) is 220 Å². The Balaban J connectivity index is 1.54. The van der Waals surface area contributed by atoms with Gasteiger partial charge in [0.1, 0.15) is 41.7 Å². The number of hydrogen-bond donors (Lipinski definition) is 13. The fourth-order valence-corrected chi connectivity index (χ4v) is 18.5. The van der Waals surface area contributed by atoms with Gasteiger partial charge in [0.15, 0.2) is 28.9 Å². The van der Waals surface area contributed by atoms with Crippen molar-refractivity contribution in [3.63, 3.8) is 0 Å². The summed E-state index contributed by atoms with van der Waals surface area (Å²) >= 11 is 0. The highest BCUT2D eigenvalue weighted by Crippen LogP contribution is 2.32. The van der Waals surface area contributed by atoms with E-state index in [0.29, 0.717) is 12.0 Å². The number of aliphatic carboxylic acids is 2. The molecule has 4 saturated heterocycles. The maximum Gasteiger partial charge on any atom is 0.305 e. The van der Waals surface area contributed by atoms with Gasteiger partial charge in [0.2, 0.25) is 47.3 Å². The van der Waals surface area contributed by atoms with Crippen LogP contribution in [0.25, 0.3) is 0 Å². The summed E-state index contributed by atoms with van der Waals surface area (Å²) in [5.74, 6) is -20.8. The van der Waals surface area contributed by atoms with Crippen LogP contribution >= 0.6 is 64.8 Å². The SMILES string of the molecule is C[C@@H](CC(=O)[C@@H]1CSSC[C@@H]2NC(=O)[C@H](Cc3ccc(O)cc3)CC(=O)[C@H](CCC(=O)O)NC(=O)[C@@H]3CSSC[C@H](CC(=O)[C@H](C)NC(=O)[C@@H]4CCCN4C(=O)[C@H](CC(=O)O)NC(=O)C(CSSC[C@H](N)C(=O)C3)NC2=O)C(=O)N[C@@H]([C@H](C)O)C(=O)CCC(=O)N1)Cc1ccc(O)cc1. The number of rotatable bonds is 13. The second-order valence-electron chi connectivity index (χ2n) is 24.9. The number of phenolic OH excluding ortho intramolecular Hbond substituents is 2. The monoisotopic (exact) mass is 1490 g/mol. The standard InChI is InChI=1S/C64H85N9O20S6/c1-32(19-35-6-10-40(75)11-7-35)20-52(80)45-29-97-99-30-46-62(91)71-47-31-98-96-28-42(65)51(79)24-39(59(88)68-43(14-17-55(83)84)53(81)22-37(58(87)70-46)21-36-8-12-41(76)13-9-36)27-95-94-26-38(60(89)72-57(34(3)74)49(77)15-16-54(82)67-45)23-50(78)33(2)66-63(92)48-5-4-18-73(48)64(93)44(25-56(85)86)69-61(47)90/h6-13,32-34,37-39,42-48,57,74-76H,4-5,14-31,65H2,1-3H3,(H,66,92)(H,67,82)(H,68,88)(H,69,90)(H,70,87)(H,71,91)(H,72,89)(H,83,84)(H,85,86)/t32-,33+,34+,37-,38+,39+,42+,43+,44+,45+,46+,47?,48+,57+/m1/s1. The minimum absolute atomic E-state index is 0.0202. The normalized spacial score (nSPS) is 28.1. The van der Waals surface area contributed by atoms with Crippen LogP contribution in [0.5, 0.6) is 11.5 Å². The molecule has 2 aromatic carbocycles. The summed E-state index contributed by atoms with van der Waals surface area (Å²) < 4.78 is 0. The molecular formula is C64H85N9O20S6. The second-order valence-corrected chi connectivity index (χ2v) is 32.6. The number of aliphatic hydroxyl groups is 1. The van der Waals surface area contributed by atoms with E-state index in [1.54, 1.807) is 19.1 Å². The van der Waals surface area contributed by atoms with Crippen LogP contribution in [0.2, 0.25) is 0 Å². The smallest absolute Gasteiger partial charge is 0.305 e. The molecule has 0 radical (unpaired) electrons. The van der Waals surface area contributed by atoms with Gasteiger partial charge in [0.25, 0.3) is 0 Å². The molecule has 0 aromatic heterocycles. The Bertz CT molecular complexity index is 3280. The lowest BCUT2D eigenvalue weighted by Gasteiger charge is -2.30. The molecule has 14 N–H and O–H groups in total. The van der Waals surface area contributed by atoms with E-state index in [0.717, 1.165) is 75.2 Å². The number of carboxylic acid groups (broad SMARTS) is 2. The molecule has 6 rings (SSSR count). The van der Waals surface area contributed by atoms with Crippen LogP contribution in [0.3, 0.4) is 0 Å². The van der Waals surface area contributed by atoms with Crippen molar-refractivity contribution >= 4 is 153 Å². The van der Waals surface area contributed by atoms with Gasteiger partial charge in [-0.3, -0.25) is 71.9 Å². The Labute approximate surface area is 595 Å². The highest BCUT2D eigenvalue weighted by atomic mass is 33.1. The molecule has 35 heteroatoms. The third-order valence-corrected chi connectivity index (χ3v) is 24.3. The molecular weight excluding hydrogens is 1410 g/mol. The topological polar surface area (TPSA) is 471 Å². The summed E-state index contributed by atoms with van der Waals surface area (Å²) in [6, 6.07) is -2.12. The lowest BCUT2D eigenvalue weighted by molar-refractivity contribution is -0.146. The number of phenols is 2. The zero-order valence-corrected chi connectivity index (χ0v) is 59.6. The van der Waals surface area contributed by atoms with Crippen LogP contribution in [0.1, 0.15) is 103 Å². The van der Waals surface area contributed by atoms with Crippen molar-refractivity contribution in [2.45, 2.75) is 165 Å². The molecule has 0 aliphatic carbocycles. The fourth-order valence-electron chi connectivity index (χ4n) is 11.2. The largest absolute Gasteiger partial charge is 0.508 e. The van der Waals surface area contributed by atoms with Gasteiger partial charge >= 0.3 is 11.9 Å². The number of carboxylic acids is 2. The number of nitrogens with two attached hydrogens (primary N) is 1. The first-order valence-corrected chi connectivity index (χ1v) is 39.6. The zero-order valence-electron chi connectivity index (χ0n) is 54.7. The first-order chi connectivity index (χ1) is 47.0. The van der Waals surface area contributed by atoms with E-state index in [1.807, 2.05) is 0 Å². The van der Waals surface area contributed by atoms with Crippen molar-refractivity contribution in [1.29, 1.82) is 0 Å². The van der Waals surface area contributed by atoms with E-state index in [1.165, 1.54) is 50.2 Å². The molecule has 2 aromatic rings. The maximum atomic E-state index is 15.1. The summed E-state index contributed by atoms with van der Waals surface area (Å²) in [4.78, 5) is 215. The van der Waals surface area contributed by atoms with Gasteiger partial charge in [-0.05, 0) is 87.3 Å². The Morgan fingerprint density at radius 2 is 1.12 bits per heavy atom. The quantitative estimate of drug-likeness (QED) is 0.125. The predicted molar refractivity (Wildman–Crippen MR) is 373 cm³/mol. The molecule has 4 heterocycles. The average Bonchev–Trinajstić information content (AvgIpc) is 1.75. The molecule has 542 valence electrons. The summed E-state index contributed by atoms with van der Waals surface area (Å²) in [6.45, 7) is 4.18. The zero-order chi connectivity index (χ0) is 72.6. The number of carbonyl (C=O) groups is 15. The number of ketones is 5. The first-order valence-electron chi connectivity index (χ1n) is 32.2. The van der Waals surface area contributed by atoms with Crippen molar-refractivity contribution in [2.24, 2.45) is 29.4 Å². The van der Waals surface area contributed by atoms with Gasteiger partial charge in [0, 0.05) is 91.9 Å². The molecule has 1 unspecified atom stereocenters. The minimum atomic E-state index is -1.90. The summed E-state index contributed by atoms with van der Waals surface area (Å²) in [6.07, 6.45) is -6.79. The third kappa shape index (κ3) is 26.2. The molecule has 4 aliphatic heterocycles. The van der Waals surface area contributed by atoms with E-state index < -0.39 is 229 Å². The van der Waals surface area contributed by atoms with Crippen molar-refractivity contribution in [3.8, 4) is 11.5 Å². The van der Waals surface area contributed by atoms with E-state index in [9.17, 15) is 87.9 Å². The molecule has 14 atom stereocenters. The Morgan fingerprint density at radius 3 is 1.73 bits per heavy atom. The van der Waals surface area contributed by atoms with E-state index >= 15 is 9.59 Å². The molecule has 4 bridgehead atoms. The predicted octanol–water partition coefficient (Wildman–Crippen LogP) is 1.19. The molecule has 29 nitrogen and oxygen atoms in total. The van der Waals surface area contributed by atoms with Gasteiger partial charge in [-0.25, -0.2) is 0 Å². The fraction of sp³-hybridized carbons (Fsp3) is 0.578. The number of aromatic hydroxyl groups is 2. The Kier molecular flexibility index (Phi) is 32.7. The summed E-state index contributed by atoms with van der Waals surface area (Å²) in [5.41, 5.74) is 7.64. The molecule has 99 heavy (non-hydrogen) atoms. The number of nitrogens with one attached hydrogen (secondary N) is 7. The van der Waals surface area contributed by atoms with Crippen LogP contribution in [0.15, 0.2) is 48.5 Å². The average molecular weight is 1490 g/mol. The number of Topliss-reactive ketones (excluding diaryl/α,β-unsaturated/α-hetero) is 5. The van der Waals surface area contributed by atoms with Crippen molar-refractivity contribution in [2.75, 3.05) is 41.1 Å². The number of hydrogen-bond acceptors (Lipinski definition) is 25. The van der Waals surface area contributed by atoms with Crippen LogP contribution in [-0.2, 0) is 84.8 Å². The van der Waals surface area contributed by atoms with E-state index in [-0.39, 0.29) is 72.7 Å². The number of fused-ring (bicyclic) bond motifs is 20. The van der Waals surface area contributed by atoms with Gasteiger partial charge in [0.05, 0.1) is 48.5 Å². The highest BCUT2D eigenvalue weighted by Gasteiger charge is 2.42. The van der Waals surface area contributed by atoms with Crippen molar-refractivity contribution in [1.82, 2.24) is 42.1 Å². The molecule has 4 aliphatic rings. The minimum Gasteiger partial charge on any atom is -0.508 e. The maximum absolute atomic E-state index is 15.1. The number of carbonyl (C=O) groups excluding carboxylic acids is 13. The van der Waals surface area contributed by atoms with Gasteiger partial charge in [-0.15, -0.1) is 0 Å². The number of benzene rings is 2. The van der Waals surface area contributed by atoms with Gasteiger partial charge in [-0.2, -0.15) is 0 Å². The van der Waals surface area contributed by atoms with Gasteiger partial charge in [-0.1, -0.05) is 96.0 Å². The summed E-state index contributed by atoms with van der Waals surface area (Å²) in [5, 5.41) is 69.4. The van der Waals surface area contributed by atoms with E-state index in [2.05, 4.69) is 37.2 Å². The van der Waals surface area contributed by atoms with Crippen LogP contribution in [0.4, 0.5) is 0 Å². The van der Waals surface area contributed by atoms with Crippen LogP contribution < -0.4 is 43.0 Å². The third-order valence-electron chi connectivity index (χ3n) is 16.8. The first kappa shape index (κ1) is 81.1. The number of amides is 8. The van der Waals surface area contributed by atoms with Crippen molar-refractivity contribution < 1.29 is 97.5 Å². The Hall–Kier alpha value is -6.89. The molecule has 0 saturated carbocycles. The number of aliphatic hydroxyl groups excluding tert-OH is 1. The lowest BCUT2D eigenvalue weighted by Crippen LogP contribution is -2.60. The Morgan fingerprint density at radius 1 is 0.576 bits per heavy atom. The second kappa shape index (κ2) is 39.9. The van der Waals surface area contributed by atoms with Gasteiger partial charge < -0.3 is 73.4 Å². The molecule has 0 spiro atoms. The summed E-state index contributed by atoms with van der Waals surface area (Å²) in [7, 11) is 5.58. The molecule has 8 amide bonds. The van der Waals surface area contributed by atoms with Crippen molar-refractivity contribution in [3.05, 3.63) is 59.7 Å². The lowest BCUT2D eigenvalue weighted by atomic mass is 9.89. The highest BCUT2D eigenvalue weighted by molar-refractivity contribution is 8.77. The number of nitrogens with zero attached hydrogens (tertiary/aromatic N) is 1.